The summed E-state index contributed by atoms with van der Waals surface area (Å²) >= 11 is 0. The third-order valence-electron chi connectivity index (χ3n) is 2.14. The smallest absolute Gasteiger partial charge is 0.166 e. The summed E-state index contributed by atoms with van der Waals surface area (Å²) in [5, 5.41) is 0. The summed E-state index contributed by atoms with van der Waals surface area (Å²) in [7, 11) is 1.61. The second-order valence-corrected chi connectivity index (χ2v) is 3.74. The summed E-state index contributed by atoms with van der Waals surface area (Å²) in [6, 6.07) is 0.394. The lowest BCUT2D eigenvalue weighted by Gasteiger charge is -2.21. The average molecular weight is 201 g/mol. The van der Waals surface area contributed by atoms with Crippen LogP contribution in [0.5, 0.6) is 0 Å². The fourth-order valence-electron chi connectivity index (χ4n) is 1.21. The Morgan fingerprint density at radius 2 is 2.14 bits per heavy atom. The first-order chi connectivity index (χ1) is 6.72. The van der Waals surface area contributed by atoms with Crippen LogP contribution in [0.15, 0.2) is 12.7 Å². The number of ether oxygens (including phenoxy) is 1. The van der Waals surface area contributed by atoms with Crippen molar-refractivity contribution < 1.29 is 9.57 Å². The molecule has 0 saturated heterocycles. The molecule has 0 saturated carbocycles. The van der Waals surface area contributed by atoms with Gasteiger partial charge in [0.1, 0.15) is 0 Å². The molecule has 14 heavy (non-hydrogen) atoms. The number of rotatable bonds is 9. The van der Waals surface area contributed by atoms with E-state index in [1.54, 1.807) is 7.11 Å². The molecule has 0 rings (SSSR count). The van der Waals surface area contributed by atoms with Crippen molar-refractivity contribution in [3.63, 3.8) is 0 Å². The maximum atomic E-state index is 5.14. The minimum Gasteiger partial charge on any atom is -0.357 e. The summed E-state index contributed by atoms with van der Waals surface area (Å²) in [5.74, 6) is 0.566. The van der Waals surface area contributed by atoms with Crippen LogP contribution in [0.25, 0.3) is 0 Å². The summed E-state index contributed by atoms with van der Waals surface area (Å²) in [4.78, 5) is 5.14. The van der Waals surface area contributed by atoms with Crippen molar-refractivity contribution in [2.45, 2.75) is 39.2 Å². The van der Waals surface area contributed by atoms with E-state index in [1.165, 1.54) is 0 Å². The van der Waals surface area contributed by atoms with E-state index in [9.17, 15) is 0 Å². The van der Waals surface area contributed by atoms with Gasteiger partial charge in [0.25, 0.3) is 0 Å². The zero-order valence-corrected chi connectivity index (χ0v) is 9.58. The van der Waals surface area contributed by atoms with E-state index >= 15 is 0 Å². The second kappa shape index (κ2) is 9.19. The van der Waals surface area contributed by atoms with Crippen molar-refractivity contribution >= 4 is 0 Å². The Bertz CT molecular complexity index is 137. The number of nitrogens with one attached hydrogen (secondary N) is 1. The van der Waals surface area contributed by atoms with E-state index in [-0.39, 0.29) is 0 Å². The molecule has 0 aromatic carbocycles. The van der Waals surface area contributed by atoms with Crippen molar-refractivity contribution in [1.82, 2.24) is 5.48 Å². The molecule has 0 amide bonds. The van der Waals surface area contributed by atoms with Crippen molar-refractivity contribution in [2.75, 3.05) is 13.9 Å². The van der Waals surface area contributed by atoms with Gasteiger partial charge in [0.15, 0.2) is 6.79 Å². The molecule has 3 nitrogen and oxygen atoms in total. The maximum absolute atomic E-state index is 5.14. The van der Waals surface area contributed by atoms with Crippen LogP contribution in [0.1, 0.15) is 33.1 Å². The molecule has 0 aromatic rings. The van der Waals surface area contributed by atoms with Gasteiger partial charge in [-0.25, -0.2) is 0 Å². The number of hydroxylamine groups is 1. The normalized spacial score (nSPS) is 13.1. The van der Waals surface area contributed by atoms with Gasteiger partial charge in [0, 0.05) is 13.2 Å². The zero-order valence-electron chi connectivity index (χ0n) is 9.58. The fraction of sp³-hybridized carbons (Fsp3) is 0.818. The lowest BCUT2D eigenvalue weighted by molar-refractivity contribution is -0.0999. The number of hydrogen-bond acceptors (Lipinski definition) is 3. The van der Waals surface area contributed by atoms with Gasteiger partial charge in [0.2, 0.25) is 0 Å². The van der Waals surface area contributed by atoms with E-state index in [1.807, 2.05) is 6.08 Å². The van der Waals surface area contributed by atoms with Crippen LogP contribution in [0.3, 0.4) is 0 Å². The van der Waals surface area contributed by atoms with E-state index < -0.39 is 0 Å². The Kier molecular flexibility index (Phi) is 8.94. The first-order valence-corrected chi connectivity index (χ1v) is 5.19. The molecule has 0 spiro atoms. The molecule has 0 bridgehead atoms. The van der Waals surface area contributed by atoms with Crippen molar-refractivity contribution in [1.29, 1.82) is 0 Å². The lowest BCUT2D eigenvalue weighted by Crippen LogP contribution is -2.34. The number of unbranched alkanes of at least 4 members (excludes halogenated alkanes) is 1. The van der Waals surface area contributed by atoms with Crippen molar-refractivity contribution in [2.24, 2.45) is 5.92 Å². The zero-order chi connectivity index (χ0) is 10.8. The molecular formula is C11H23NO2. The summed E-state index contributed by atoms with van der Waals surface area (Å²) in [5.41, 5.74) is 3.02. The first-order valence-electron chi connectivity index (χ1n) is 5.19. The van der Waals surface area contributed by atoms with Crippen LogP contribution in [0.4, 0.5) is 0 Å². The standard InChI is InChI=1S/C11H23NO2/c1-5-6-7-8-11(10(2)3)12-14-9-13-4/h5,10-12H,1,6-9H2,2-4H3/t11-/m1/s1. The molecular weight excluding hydrogens is 178 g/mol. The number of allylic oxidation sites excluding steroid dienone is 1. The van der Waals surface area contributed by atoms with Crippen LogP contribution in [0, 0.1) is 5.92 Å². The highest BCUT2D eigenvalue weighted by molar-refractivity contribution is 4.71. The Labute approximate surface area is 87.4 Å². The average Bonchev–Trinajstić information content (AvgIpc) is 2.15. The predicted molar refractivity (Wildman–Crippen MR) is 58.8 cm³/mol. The van der Waals surface area contributed by atoms with Gasteiger partial charge in [-0.1, -0.05) is 19.9 Å². The highest BCUT2D eigenvalue weighted by Gasteiger charge is 2.11. The third-order valence-corrected chi connectivity index (χ3v) is 2.14. The summed E-state index contributed by atoms with van der Waals surface area (Å²) in [6.45, 7) is 8.37. The Morgan fingerprint density at radius 1 is 1.43 bits per heavy atom. The van der Waals surface area contributed by atoms with Gasteiger partial charge < -0.3 is 4.74 Å². The summed E-state index contributed by atoms with van der Waals surface area (Å²) in [6.07, 6.45) is 5.27. The highest BCUT2D eigenvalue weighted by Crippen LogP contribution is 2.10. The van der Waals surface area contributed by atoms with E-state index in [4.69, 9.17) is 9.57 Å². The van der Waals surface area contributed by atoms with Crippen LogP contribution < -0.4 is 5.48 Å². The summed E-state index contributed by atoms with van der Waals surface area (Å²) < 4.78 is 4.80. The van der Waals surface area contributed by atoms with Crippen LogP contribution in [-0.2, 0) is 9.57 Å². The molecule has 0 aliphatic heterocycles. The van der Waals surface area contributed by atoms with Gasteiger partial charge in [-0.15, -0.1) is 6.58 Å². The van der Waals surface area contributed by atoms with E-state index in [0.29, 0.717) is 18.8 Å². The van der Waals surface area contributed by atoms with Crippen LogP contribution in [-0.4, -0.2) is 19.9 Å². The minimum absolute atomic E-state index is 0.296. The minimum atomic E-state index is 0.296. The van der Waals surface area contributed by atoms with E-state index in [0.717, 1.165) is 19.3 Å². The fourth-order valence-corrected chi connectivity index (χ4v) is 1.21. The molecule has 0 fully saturated rings. The van der Waals surface area contributed by atoms with Gasteiger partial charge in [-0.3, -0.25) is 4.84 Å². The third kappa shape index (κ3) is 7.06. The van der Waals surface area contributed by atoms with Crippen molar-refractivity contribution in [3.05, 3.63) is 12.7 Å². The topological polar surface area (TPSA) is 30.5 Å². The monoisotopic (exact) mass is 201 g/mol. The molecule has 0 aromatic heterocycles. The molecule has 84 valence electrons. The van der Waals surface area contributed by atoms with Crippen molar-refractivity contribution in [3.8, 4) is 0 Å². The molecule has 1 atom stereocenters. The SMILES string of the molecule is C=CCCC[C@@H](NOCOC)C(C)C. The molecule has 0 aliphatic rings. The van der Waals surface area contributed by atoms with Gasteiger partial charge in [0.05, 0.1) is 0 Å². The molecule has 0 unspecified atom stereocenters. The quantitative estimate of drug-likeness (QED) is 0.269. The first kappa shape index (κ1) is 13.6. The molecule has 0 radical (unpaired) electrons. The maximum Gasteiger partial charge on any atom is 0.166 e. The van der Waals surface area contributed by atoms with Crippen LogP contribution >= 0.6 is 0 Å². The second-order valence-electron chi connectivity index (χ2n) is 3.74. The molecule has 0 heterocycles. The number of hydrogen-bond donors (Lipinski definition) is 1. The van der Waals surface area contributed by atoms with Gasteiger partial charge in [-0.05, 0) is 25.2 Å². The van der Waals surface area contributed by atoms with Crippen LogP contribution in [0.2, 0.25) is 0 Å². The molecule has 3 heteroatoms. The Balaban J connectivity index is 3.60. The largest absolute Gasteiger partial charge is 0.357 e. The molecule has 0 aliphatic carbocycles. The highest BCUT2D eigenvalue weighted by atomic mass is 16.7. The molecule has 1 N–H and O–H groups in total. The number of methoxy groups -OCH3 is 1. The van der Waals surface area contributed by atoms with E-state index in [2.05, 4.69) is 25.9 Å². The Morgan fingerprint density at radius 3 is 2.64 bits per heavy atom. The van der Waals surface area contributed by atoms with Gasteiger partial charge >= 0.3 is 0 Å². The Hall–Kier alpha value is -0.380. The lowest BCUT2D eigenvalue weighted by atomic mass is 9.99. The predicted octanol–water partition coefficient (Wildman–Crippen LogP) is 2.49. The van der Waals surface area contributed by atoms with Gasteiger partial charge in [-0.2, -0.15) is 5.48 Å².